The van der Waals surface area contributed by atoms with Crippen LogP contribution in [-0.2, 0) is 11.3 Å². The van der Waals surface area contributed by atoms with E-state index < -0.39 is 5.97 Å². The van der Waals surface area contributed by atoms with Crippen LogP contribution in [0.5, 0.6) is 0 Å². The molecule has 0 unspecified atom stereocenters. The number of carbonyl (C=O) groups excluding carboxylic acids is 1. The first-order valence-corrected chi connectivity index (χ1v) is 5.94. The molecule has 0 radical (unpaired) electrons. The first-order valence-electron chi connectivity index (χ1n) is 5.06. The number of aromatic nitrogens is 1. The number of esters is 1. The highest BCUT2D eigenvalue weighted by atomic mass is 32.1. The van der Waals surface area contributed by atoms with Crippen molar-refractivity contribution in [3.8, 4) is 6.07 Å². The number of thiophene rings is 1. The highest BCUT2D eigenvalue weighted by Crippen LogP contribution is 2.20. The predicted octanol–water partition coefficient (Wildman–Crippen LogP) is 1.95. The Hall–Kier alpha value is -2.39. The Bertz CT molecular complexity index is 616. The monoisotopic (exact) mass is 259 g/mol. The molecule has 5 nitrogen and oxygen atoms in total. The lowest BCUT2D eigenvalue weighted by Gasteiger charge is -2.04. The molecule has 0 aliphatic heterocycles. The minimum atomic E-state index is -0.460. The van der Waals surface area contributed by atoms with Gasteiger partial charge in [-0.15, -0.1) is 11.3 Å². The number of carbonyl (C=O) groups is 1. The van der Waals surface area contributed by atoms with E-state index in [0.29, 0.717) is 21.8 Å². The van der Waals surface area contributed by atoms with Gasteiger partial charge in [0.25, 0.3) is 0 Å². The second kappa shape index (κ2) is 5.29. The van der Waals surface area contributed by atoms with E-state index in [0.717, 1.165) is 0 Å². The third-order valence-corrected chi connectivity index (χ3v) is 3.10. The van der Waals surface area contributed by atoms with Gasteiger partial charge in [0.1, 0.15) is 23.2 Å². The second-order valence-corrected chi connectivity index (χ2v) is 4.36. The van der Waals surface area contributed by atoms with Crippen molar-refractivity contribution in [3.63, 3.8) is 0 Å². The molecule has 0 amide bonds. The molecule has 2 heterocycles. The molecule has 0 aliphatic rings. The zero-order chi connectivity index (χ0) is 13.0. The Morgan fingerprint density at radius 1 is 1.56 bits per heavy atom. The van der Waals surface area contributed by atoms with Crippen LogP contribution in [0.1, 0.15) is 20.9 Å². The summed E-state index contributed by atoms with van der Waals surface area (Å²) in [5.74, 6) is -0.460. The van der Waals surface area contributed by atoms with Crippen LogP contribution >= 0.6 is 11.3 Å². The number of nitrogen functional groups attached to an aromatic ring is 1. The third kappa shape index (κ3) is 2.64. The second-order valence-electron chi connectivity index (χ2n) is 3.44. The molecule has 0 bridgehead atoms. The average Bonchev–Trinajstić information content (AvgIpc) is 2.82. The molecular weight excluding hydrogens is 250 g/mol. The number of pyridine rings is 1. The summed E-state index contributed by atoms with van der Waals surface area (Å²) in [5, 5.41) is 10.4. The molecule has 2 rings (SSSR count). The molecule has 90 valence electrons. The van der Waals surface area contributed by atoms with Gasteiger partial charge in [0.15, 0.2) is 0 Å². The van der Waals surface area contributed by atoms with Gasteiger partial charge in [0.05, 0.1) is 5.69 Å². The molecule has 2 aromatic rings. The predicted molar refractivity (Wildman–Crippen MR) is 66.8 cm³/mol. The molecule has 18 heavy (non-hydrogen) atoms. The molecule has 6 heteroatoms. The molecule has 0 fully saturated rings. The topological polar surface area (TPSA) is 89.0 Å². The molecule has 0 aromatic carbocycles. The number of anilines is 1. The lowest BCUT2D eigenvalue weighted by molar-refractivity contribution is 0.0479. The average molecular weight is 259 g/mol. The summed E-state index contributed by atoms with van der Waals surface area (Å²) in [6.45, 7) is 0.0906. The summed E-state index contributed by atoms with van der Waals surface area (Å²) in [7, 11) is 0. The fraction of sp³-hybridized carbons (Fsp3) is 0.0833. The highest BCUT2D eigenvalue weighted by molar-refractivity contribution is 7.12. The molecule has 2 N–H and O–H groups in total. The van der Waals surface area contributed by atoms with Crippen molar-refractivity contribution in [1.82, 2.24) is 4.98 Å². The normalized spacial score (nSPS) is 9.72. The quantitative estimate of drug-likeness (QED) is 0.851. The van der Waals surface area contributed by atoms with Crippen LogP contribution < -0.4 is 5.73 Å². The van der Waals surface area contributed by atoms with E-state index in [1.807, 2.05) is 6.07 Å². The maximum absolute atomic E-state index is 11.7. The van der Waals surface area contributed by atoms with Crippen molar-refractivity contribution < 1.29 is 9.53 Å². The lowest BCUT2D eigenvalue weighted by atomic mass is 10.2. The largest absolute Gasteiger partial charge is 0.457 e. The van der Waals surface area contributed by atoms with Crippen LogP contribution in [-0.4, -0.2) is 11.0 Å². The maximum atomic E-state index is 11.7. The molecule has 2 aromatic heterocycles. The smallest absolute Gasteiger partial charge is 0.350 e. The number of nitriles is 1. The minimum absolute atomic E-state index is 0.0906. The van der Waals surface area contributed by atoms with Gasteiger partial charge in [-0.1, -0.05) is 0 Å². The number of rotatable bonds is 3. The van der Waals surface area contributed by atoms with Gasteiger partial charge in [-0.25, -0.2) is 9.78 Å². The molecule has 0 atom stereocenters. The molecule has 0 spiro atoms. The van der Waals surface area contributed by atoms with Crippen LogP contribution in [0.2, 0.25) is 0 Å². The Morgan fingerprint density at radius 3 is 3.06 bits per heavy atom. The van der Waals surface area contributed by atoms with Crippen molar-refractivity contribution in [2.75, 3.05) is 5.73 Å². The fourth-order valence-electron chi connectivity index (χ4n) is 1.32. The van der Waals surface area contributed by atoms with Gasteiger partial charge in [0.2, 0.25) is 0 Å². The summed E-state index contributed by atoms with van der Waals surface area (Å²) >= 11 is 1.24. The number of hydrogen-bond donors (Lipinski definition) is 1. The van der Waals surface area contributed by atoms with Gasteiger partial charge in [-0.2, -0.15) is 5.26 Å². The van der Waals surface area contributed by atoms with Gasteiger partial charge >= 0.3 is 5.97 Å². The standard InChI is InChI=1S/C12H9N3O2S/c13-6-9-5-8(1-3-15-9)7-17-12(16)11-10(14)2-4-18-11/h1-5H,7,14H2. The number of hydrogen-bond acceptors (Lipinski definition) is 6. The van der Waals surface area contributed by atoms with Crippen LogP contribution in [0.25, 0.3) is 0 Å². The lowest BCUT2D eigenvalue weighted by Crippen LogP contribution is -2.05. The van der Waals surface area contributed by atoms with E-state index in [4.69, 9.17) is 15.7 Å². The Balaban J connectivity index is 2.02. The van der Waals surface area contributed by atoms with Crippen molar-refractivity contribution >= 4 is 23.0 Å². The van der Waals surface area contributed by atoms with Crippen molar-refractivity contribution in [1.29, 1.82) is 5.26 Å². The number of nitrogens with two attached hydrogens (primary N) is 1. The third-order valence-electron chi connectivity index (χ3n) is 2.19. The van der Waals surface area contributed by atoms with Gasteiger partial charge < -0.3 is 10.5 Å². The molecule has 0 aliphatic carbocycles. The summed E-state index contributed by atoms with van der Waals surface area (Å²) in [4.78, 5) is 15.9. The Labute approximate surface area is 107 Å². The Morgan fingerprint density at radius 2 is 2.39 bits per heavy atom. The number of nitrogens with zero attached hydrogens (tertiary/aromatic N) is 2. The van der Waals surface area contributed by atoms with E-state index in [9.17, 15) is 4.79 Å². The van der Waals surface area contributed by atoms with Gasteiger partial charge in [0, 0.05) is 6.20 Å². The summed E-state index contributed by atoms with van der Waals surface area (Å²) in [6.07, 6.45) is 1.50. The van der Waals surface area contributed by atoms with Gasteiger partial charge in [-0.05, 0) is 29.1 Å². The zero-order valence-electron chi connectivity index (χ0n) is 9.29. The van der Waals surface area contributed by atoms with Crippen molar-refractivity contribution in [2.45, 2.75) is 6.61 Å². The fourth-order valence-corrected chi connectivity index (χ4v) is 2.03. The minimum Gasteiger partial charge on any atom is -0.457 e. The van der Waals surface area contributed by atoms with Crippen molar-refractivity contribution in [2.24, 2.45) is 0 Å². The van der Waals surface area contributed by atoms with E-state index in [1.165, 1.54) is 17.5 Å². The van der Waals surface area contributed by atoms with E-state index >= 15 is 0 Å². The van der Waals surface area contributed by atoms with Gasteiger partial charge in [-0.3, -0.25) is 0 Å². The molecular formula is C12H9N3O2S. The Kier molecular flexibility index (Phi) is 3.55. The molecule has 0 saturated heterocycles. The summed E-state index contributed by atoms with van der Waals surface area (Å²) in [6, 6.07) is 6.84. The zero-order valence-corrected chi connectivity index (χ0v) is 10.1. The summed E-state index contributed by atoms with van der Waals surface area (Å²) < 4.78 is 5.11. The SMILES string of the molecule is N#Cc1cc(COC(=O)c2sccc2N)ccn1. The maximum Gasteiger partial charge on any atom is 0.350 e. The van der Waals surface area contributed by atoms with Crippen LogP contribution in [0.3, 0.4) is 0 Å². The first kappa shape index (κ1) is 12.1. The molecule has 0 saturated carbocycles. The van der Waals surface area contributed by atoms with E-state index in [-0.39, 0.29) is 6.61 Å². The van der Waals surface area contributed by atoms with Crippen LogP contribution in [0, 0.1) is 11.3 Å². The van der Waals surface area contributed by atoms with Crippen LogP contribution in [0.4, 0.5) is 5.69 Å². The van der Waals surface area contributed by atoms with Crippen LogP contribution in [0.15, 0.2) is 29.8 Å². The first-order chi connectivity index (χ1) is 8.70. The van der Waals surface area contributed by atoms with Crippen molar-refractivity contribution in [3.05, 3.63) is 45.9 Å². The van der Waals surface area contributed by atoms with E-state index in [1.54, 1.807) is 23.6 Å². The highest BCUT2D eigenvalue weighted by Gasteiger charge is 2.12. The number of ether oxygens (including phenoxy) is 1. The summed E-state index contributed by atoms with van der Waals surface area (Å²) in [5.41, 5.74) is 7.03. The van der Waals surface area contributed by atoms with E-state index in [2.05, 4.69) is 4.98 Å².